The van der Waals surface area contributed by atoms with E-state index in [4.69, 9.17) is 0 Å². The molecule has 0 saturated heterocycles. The van der Waals surface area contributed by atoms with Crippen molar-refractivity contribution in [2.24, 2.45) is 0 Å². The quantitative estimate of drug-likeness (QED) is 0.857. The van der Waals surface area contributed by atoms with Crippen LogP contribution in [0.5, 0.6) is 0 Å². The molecule has 0 saturated carbocycles. The summed E-state index contributed by atoms with van der Waals surface area (Å²) < 4.78 is 0. The molecule has 0 fully saturated rings. The number of carbonyl (C=O) groups is 1. The van der Waals surface area contributed by atoms with Crippen LogP contribution < -0.4 is 10.6 Å². The van der Waals surface area contributed by atoms with Crippen molar-refractivity contribution >= 4 is 11.6 Å². The van der Waals surface area contributed by atoms with Crippen molar-refractivity contribution in [2.45, 2.75) is 20.3 Å². The van der Waals surface area contributed by atoms with Crippen LogP contribution in [-0.2, 0) is 6.42 Å². The van der Waals surface area contributed by atoms with Crippen LogP contribution in [0.2, 0.25) is 0 Å². The number of benzene rings is 1. The van der Waals surface area contributed by atoms with Crippen molar-refractivity contribution in [1.82, 2.24) is 10.3 Å². The van der Waals surface area contributed by atoms with Crippen molar-refractivity contribution < 1.29 is 4.79 Å². The average molecular weight is 283 g/mol. The first-order chi connectivity index (χ1) is 10.2. The Hall–Kier alpha value is -2.36. The summed E-state index contributed by atoms with van der Waals surface area (Å²) in [6.07, 6.45) is 2.45. The van der Waals surface area contributed by atoms with Crippen LogP contribution in [0.4, 0.5) is 5.69 Å². The molecule has 0 aliphatic rings. The minimum absolute atomic E-state index is 0.0885. The molecule has 0 aliphatic carbocycles. The highest BCUT2D eigenvalue weighted by atomic mass is 16.1. The SMILES string of the molecule is CCNc1cc(C)ncc1C(=O)NCCc1ccccc1. The summed E-state index contributed by atoms with van der Waals surface area (Å²) in [7, 11) is 0. The molecule has 1 heterocycles. The molecular weight excluding hydrogens is 262 g/mol. The summed E-state index contributed by atoms with van der Waals surface area (Å²) in [6.45, 7) is 5.31. The maximum absolute atomic E-state index is 12.3. The maximum Gasteiger partial charge on any atom is 0.254 e. The molecular formula is C17H21N3O. The predicted octanol–water partition coefficient (Wildman–Crippen LogP) is 2.79. The standard InChI is InChI=1S/C17H21N3O/c1-3-18-16-11-13(2)20-12-15(16)17(21)19-10-9-14-7-5-4-6-8-14/h4-8,11-12H,3,9-10H2,1-2H3,(H,18,20)(H,19,21). The third kappa shape index (κ3) is 4.31. The highest BCUT2D eigenvalue weighted by Crippen LogP contribution is 2.15. The number of rotatable bonds is 6. The van der Waals surface area contributed by atoms with Gasteiger partial charge in [0, 0.05) is 25.0 Å². The second-order valence-electron chi connectivity index (χ2n) is 4.89. The van der Waals surface area contributed by atoms with Gasteiger partial charge in [0.2, 0.25) is 0 Å². The molecule has 1 aromatic heterocycles. The van der Waals surface area contributed by atoms with Crippen LogP contribution in [0.25, 0.3) is 0 Å². The third-order valence-electron chi connectivity index (χ3n) is 3.19. The van der Waals surface area contributed by atoms with E-state index in [1.54, 1.807) is 6.20 Å². The third-order valence-corrected chi connectivity index (χ3v) is 3.19. The summed E-state index contributed by atoms with van der Waals surface area (Å²) in [4.78, 5) is 16.5. The second-order valence-corrected chi connectivity index (χ2v) is 4.89. The van der Waals surface area contributed by atoms with E-state index >= 15 is 0 Å². The predicted molar refractivity (Wildman–Crippen MR) is 85.6 cm³/mol. The summed E-state index contributed by atoms with van der Waals surface area (Å²) in [5.41, 5.74) is 3.54. The second kappa shape index (κ2) is 7.43. The van der Waals surface area contributed by atoms with Crippen LogP contribution in [0.3, 0.4) is 0 Å². The Morgan fingerprint density at radius 3 is 2.71 bits per heavy atom. The lowest BCUT2D eigenvalue weighted by Crippen LogP contribution is -2.26. The first-order valence-corrected chi connectivity index (χ1v) is 7.23. The van der Waals surface area contributed by atoms with E-state index < -0.39 is 0 Å². The Morgan fingerprint density at radius 2 is 2.00 bits per heavy atom. The van der Waals surface area contributed by atoms with Crippen LogP contribution in [0.15, 0.2) is 42.6 Å². The molecule has 4 nitrogen and oxygen atoms in total. The molecule has 21 heavy (non-hydrogen) atoms. The zero-order chi connectivity index (χ0) is 15.1. The fourth-order valence-corrected chi connectivity index (χ4v) is 2.14. The largest absolute Gasteiger partial charge is 0.385 e. The summed E-state index contributed by atoms with van der Waals surface area (Å²) in [6, 6.07) is 12.0. The van der Waals surface area contributed by atoms with Crippen LogP contribution in [0, 0.1) is 6.92 Å². The van der Waals surface area contributed by atoms with E-state index in [1.165, 1.54) is 5.56 Å². The number of hydrogen-bond donors (Lipinski definition) is 2. The minimum Gasteiger partial charge on any atom is -0.385 e. The van der Waals surface area contributed by atoms with Crippen molar-refractivity contribution in [3.63, 3.8) is 0 Å². The number of anilines is 1. The van der Waals surface area contributed by atoms with E-state index in [0.29, 0.717) is 12.1 Å². The fraction of sp³-hybridized carbons (Fsp3) is 0.294. The zero-order valence-corrected chi connectivity index (χ0v) is 12.5. The van der Waals surface area contributed by atoms with Gasteiger partial charge in [0.1, 0.15) is 0 Å². The Kier molecular flexibility index (Phi) is 5.32. The van der Waals surface area contributed by atoms with Gasteiger partial charge in [-0.3, -0.25) is 9.78 Å². The van der Waals surface area contributed by atoms with Crippen molar-refractivity contribution in [3.05, 3.63) is 59.4 Å². The molecule has 0 spiro atoms. The van der Waals surface area contributed by atoms with E-state index in [9.17, 15) is 4.79 Å². The van der Waals surface area contributed by atoms with Gasteiger partial charge in [0.25, 0.3) is 5.91 Å². The van der Waals surface area contributed by atoms with Gasteiger partial charge in [0.05, 0.1) is 11.3 Å². The number of carbonyl (C=O) groups excluding carboxylic acids is 1. The van der Waals surface area contributed by atoms with E-state index in [0.717, 1.165) is 24.3 Å². The first kappa shape index (κ1) is 15.0. The molecule has 1 aromatic carbocycles. The number of pyridine rings is 1. The summed E-state index contributed by atoms with van der Waals surface area (Å²) in [5.74, 6) is -0.0885. The molecule has 0 unspecified atom stereocenters. The lowest BCUT2D eigenvalue weighted by atomic mass is 10.1. The molecule has 0 aliphatic heterocycles. The molecule has 2 aromatic rings. The topological polar surface area (TPSA) is 54.0 Å². The highest BCUT2D eigenvalue weighted by Gasteiger charge is 2.11. The van der Waals surface area contributed by atoms with Crippen molar-refractivity contribution in [2.75, 3.05) is 18.4 Å². The number of nitrogens with zero attached hydrogens (tertiary/aromatic N) is 1. The monoisotopic (exact) mass is 283 g/mol. The van der Waals surface area contributed by atoms with Gasteiger partial charge in [0.15, 0.2) is 0 Å². The Morgan fingerprint density at radius 1 is 1.24 bits per heavy atom. The highest BCUT2D eigenvalue weighted by molar-refractivity contribution is 5.99. The molecule has 0 radical (unpaired) electrons. The van der Waals surface area contributed by atoms with E-state index in [2.05, 4.69) is 27.8 Å². The van der Waals surface area contributed by atoms with E-state index in [1.807, 2.05) is 38.1 Å². The molecule has 4 heteroatoms. The average Bonchev–Trinajstić information content (AvgIpc) is 2.49. The van der Waals surface area contributed by atoms with Crippen LogP contribution in [-0.4, -0.2) is 24.0 Å². The van der Waals surface area contributed by atoms with Gasteiger partial charge >= 0.3 is 0 Å². The van der Waals surface area contributed by atoms with E-state index in [-0.39, 0.29) is 5.91 Å². The van der Waals surface area contributed by atoms with Gasteiger partial charge < -0.3 is 10.6 Å². The molecule has 110 valence electrons. The zero-order valence-electron chi connectivity index (χ0n) is 12.5. The summed E-state index contributed by atoms with van der Waals surface area (Å²) in [5, 5.41) is 6.15. The molecule has 2 N–H and O–H groups in total. The number of nitrogens with one attached hydrogen (secondary N) is 2. The van der Waals surface area contributed by atoms with Gasteiger partial charge in [-0.1, -0.05) is 30.3 Å². The van der Waals surface area contributed by atoms with Gasteiger partial charge in [-0.05, 0) is 31.9 Å². The Labute approximate surface area is 125 Å². The van der Waals surface area contributed by atoms with Crippen LogP contribution in [0.1, 0.15) is 28.5 Å². The number of aromatic nitrogens is 1. The first-order valence-electron chi connectivity index (χ1n) is 7.23. The molecule has 0 atom stereocenters. The van der Waals surface area contributed by atoms with Gasteiger partial charge in [-0.2, -0.15) is 0 Å². The van der Waals surface area contributed by atoms with Gasteiger partial charge in [-0.15, -0.1) is 0 Å². The molecule has 1 amide bonds. The maximum atomic E-state index is 12.3. The lowest BCUT2D eigenvalue weighted by Gasteiger charge is -2.11. The smallest absolute Gasteiger partial charge is 0.254 e. The Bertz CT molecular complexity index is 596. The molecule has 0 bridgehead atoms. The normalized spacial score (nSPS) is 10.2. The van der Waals surface area contributed by atoms with Crippen molar-refractivity contribution in [3.8, 4) is 0 Å². The Balaban J connectivity index is 1.97. The molecule has 2 rings (SSSR count). The number of hydrogen-bond acceptors (Lipinski definition) is 3. The summed E-state index contributed by atoms with van der Waals surface area (Å²) >= 11 is 0. The van der Waals surface area contributed by atoms with Gasteiger partial charge in [-0.25, -0.2) is 0 Å². The lowest BCUT2D eigenvalue weighted by molar-refractivity contribution is 0.0954. The number of amides is 1. The minimum atomic E-state index is -0.0885. The van der Waals surface area contributed by atoms with Crippen LogP contribution >= 0.6 is 0 Å². The van der Waals surface area contributed by atoms with Crippen molar-refractivity contribution in [1.29, 1.82) is 0 Å². The number of aryl methyl sites for hydroxylation is 1. The fourth-order valence-electron chi connectivity index (χ4n) is 2.14.